The average Bonchev–Trinajstić information content (AvgIpc) is 2.54. The number of hydrogen-bond donors (Lipinski definition) is 2. The molecule has 1 heterocycles. The van der Waals surface area contributed by atoms with E-state index in [1.54, 1.807) is 6.20 Å². The van der Waals surface area contributed by atoms with Gasteiger partial charge in [-0.3, -0.25) is 4.98 Å². The molecule has 1 atom stereocenters. The summed E-state index contributed by atoms with van der Waals surface area (Å²) in [5, 5.41) is 15.2. The first-order chi connectivity index (χ1) is 10.7. The summed E-state index contributed by atoms with van der Waals surface area (Å²) in [5.41, 5.74) is 2.62. The molecule has 3 heteroatoms. The predicted molar refractivity (Wildman–Crippen MR) is 90.0 cm³/mol. The van der Waals surface area contributed by atoms with Gasteiger partial charge in [0.1, 0.15) is 11.3 Å². The van der Waals surface area contributed by atoms with Gasteiger partial charge in [0.2, 0.25) is 0 Å². The minimum absolute atomic E-state index is 0.0624. The number of nitrogens with zero attached hydrogens (tertiary/aromatic N) is 1. The molecule has 0 saturated carbocycles. The number of phenols is 1. The zero-order valence-electron chi connectivity index (χ0n) is 12.8. The molecule has 0 aliphatic rings. The number of phenolic OH excluding ortho intramolecular Hbond substituents is 1. The van der Waals surface area contributed by atoms with Gasteiger partial charge in [0, 0.05) is 23.2 Å². The molecule has 1 unspecified atom stereocenters. The minimum atomic E-state index is -0.0624. The first-order valence-corrected chi connectivity index (χ1v) is 7.54. The van der Waals surface area contributed by atoms with Gasteiger partial charge in [-0.1, -0.05) is 48.5 Å². The Kier molecular flexibility index (Phi) is 4.07. The molecule has 1 aromatic heterocycles. The zero-order valence-corrected chi connectivity index (χ0v) is 12.8. The van der Waals surface area contributed by atoms with E-state index in [0.29, 0.717) is 11.6 Å². The molecule has 3 aromatic rings. The second-order valence-corrected chi connectivity index (χ2v) is 5.74. The van der Waals surface area contributed by atoms with E-state index in [4.69, 9.17) is 0 Å². The van der Waals surface area contributed by atoms with Crippen molar-refractivity contribution < 1.29 is 5.11 Å². The molecule has 0 aliphatic heterocycles. The third-order valence-corrected chi connectivity index (χ3v) is 3.72. The van der Waals surface area contributed by atoms with E-state index >= 15 is 0 Å². The Morgan fingerprint density at radius 1 is 0.955 bits per heavy atom. The van der Waals surface area contributed by atoms with Gasteiger partial charge in [-0.15, -0.1) is 0 Å². The topological polar surface area (TPSA) is 45.2 Å². The van der Waals surface area contributed by atoms with Gasteiger partial charge >= 0.3 is 0 Å². The summed E-state index contributed by atoms with van der Waals surface area (Å²) in [4.78, 5) is 4.32. The van der Waals surface area contributed by atoms with Crippen LogP contribution >= 0.6 is 0 Å². The summed E-state index contributed by atoms with van der Waals surface area (Å²) in [5.74, 6) is 0.250. The fourth-order valence-corrected chi connectivity index (χ4v) is 2.72. The van der Waals surface area contributed by atoms with Gasteiger partial charge in [-0.05, 0) is 25.5 Å². The lowest BCUT2D eigenvalue weighted by molar-refractivity contribution is 0.454. The summed E-state index contributed by atoms with van der Waals surface area (Å²) in [6.45, 7) is 4.21. The fourth-order valence-electron chi connectivity index (χ4n) is 2.72. The molecule has 2 N–H and O–H groups in total. The lowest BCUT2D eigenvalue weighted by Gasteiger charge is -2.23. The van der Waals surface area contributed by atoms with Crippen LogP contribution in [0.25, 0.3) is 10.9 Å². The number of pyridine rings is 1. The highest BCUT2D eigenvalue weighted by atomic mass is 16.3. The van der Waals surface area contributed by atoms with Crippen LogP contribution in [-0.4, -0.2) is 16.1 Å². The Morgan fingerprint density at radius 2 is 1.73 bits per heavy atom. The fraction of sp³-hybridized carbons (Fsp3) is 0.211. The molecule has 2 aromatic carbocycles. The zero-order chi connectivity index (χ0) is 15.5. The lowest BCUT2D eigenvalue weighted by atomic mass is 9.96. The Labute approximate surface area is 130 Å². The normalized spacial score (nSPS) is 12.7. The molecule has 112 valence electrons. The monoisotopic (exact) mass is 292 g/mol. The number of benzene rings is 2. The average molecular weight is 292 g/mol. The molecule has 0 amide bonds. The number of nitrogens with one attached hydrogen (secondary N) is 1. The van der Waals surface area contributed by atoms with Crippen LogP contribution in [0.4, 0.5) is 0 Å². The SMILES string of the molecule is CC(C)NC(c1ccccc1)c1ccc2cccnc2c1O. The molecular formula is C19H20N2O. The maximum absolute atomic E-state index is 10.7. The van der Waals surface area contributed by atoms with E-state index in [-0.39, 0.29) is 11.8 Å². The van der Waals surface area contributed by atoms with E-state index in [9.17, 15) is 5.11 Å². The third-order valence-electron chi connectivity index (χ3n) is 3.72. The van der Waals surface area contributed by atoms with Gasteiger partial charge in [-0.2, -0.15) is 0 Å². The molecule has 3 nitrogen and oxygen atoms in total. The van der Waals surface area contributed by atoms with Crippen LogP contribution in [0.2, 0.25) is 0 Å². The van der Waals surface area contributed by atoms with Crippen molar-refractivity contribution in [2.24, 2.45) is 0 Å². The van der Waals surface area contributed by atoms with Crippen molar-refractivity contribution in [1.82, 2.24) is 10.3 Å². The highest BCUT2D eigenvalue weighted by Gasteiger charge is 2.20. The smallest absolute Gasteiger partial charge is 0.146 e. The van der Waals surface area contributed by atoms with Crippen LogP contribution in [0.15, 0.2) is 60.8 Å². The van der Waals surface area contributed by atoms with E-state index in [1.165, 1.54) is 0 Å². The Morgan fingerprint density at radius 3 is 2.45 bits per heavy atom. The molecular weight excluding hydrogens is 272 g/mol. The predicted octanol–water partition coefficient (Wildman–Crippen LogP) is 4.03. The second-order valence-electron chi connectivity index (χ2n) is 5.74. The quantitative estimate of drug-likeness (QED) is 0.763. The molecule has 0 bridgehead atoms. The van der Waals surface area contributed by atoms with Crippen molar-refractivity contribution in [3.63, 3.8) is 0 Å². The van der Waals surface area contributed by atoms with Crippen molar-refractivity contribution in [3.8, 4) is 5.75 Å². The van der Waals surface area contributed by atoms with Crippen molar-refractivity contribution in [2.75, 3.05) is 0 Å². The van der Waals surface area contributed by atoms with E-state index in [0.717, 1.165) is 16.5 Å². The van der Waals surface area contributed by atoms with Crippen LogP contribution in [0.3, 0.4) is 0 Å². The largest absolute Gasteiger partial charge is 0.505 e. The highest BCUT2D eigenvalue weighted by Crippen LogP contribution is 2.34. The third kappa shape index (κ3) is 2.81. The summed E-state index contributed by atoms with van der Waals surface area (Å²) >= 11 is 0. The summed E-state index contributed by atoms with van der Waals surface area (Å²) in [7, 11) is 0. The van der Waals surface area contributed by atoms with Crippen molar-refractivity contribution in [3.05, 3.63) is 71.9 Å². The molecule has 0 spiro atoms. The van der Waals surface area contributed by atoms with Gasteiger partial charge in [0.25, 0.3) is 0 Å². The maximum Gasteiger partial charge on any atom is 0.146 e. The Bertz CT molecular complexity index is 769. The second kappa shape index (κ2) is 6.16. The molecule has 0 saturated heterocycles. The van der Waals surface area contributed by atoms with Crippen LogP contribution in [0, 0.1) is 0 Å². The van der Waals surface area contributed by atoms with Crippen LogP contribution in [0.1, 0.15) is 31.0 Å². The molecule has 22 heavy (non-hydrogen) atoms. The van der Waals surface area contributed by atoms with Gasteiger partial charge in [0.05, 0.1) is 6.04 Å². The molecule has 3 rings (SSSR count). The van der Waals surface area contributed by atoms with E-state index in [1.807, 2.05) is 42.5 Å². The van der Waals surface area contributed by atoms with E-state index in [2.05, 4.69) is 36.3 Å². The number of fused-ring (bicyclic) bond motifs is 1. The van der Waals surface area contributed by atoms with Crippen molar-refractivity contribution >= 4 is 10.9 Å². The van der Waals surface area contributed by atoms with Crippen molar-refractivity contribution in [2.45, 2.75) is 25.9 Å². The summed E-state index contributed by atoms with van der Waals surface area (Å²) < 4.78 is 0. The van der Waals surface area contributed by atoms with Crippen LogP contribution in [-0.2, 0) is 0 Å². The Hall–Kier alpha value is -2.39. The highest BCUT2D eigenvalue weighted by molar-refractivity contribution is 5.85. The van der Waals surface area contributed by atoms with Gasteiger partial charge < -0.3 is 10.4 Å². The summed E-state index contributed by atoms with van der Waals surface area (Å²) in [6.07, 6.45) is 1.71. The van der Waals surface area contributed by atoms with Crippen LogP contribution < -0.4 is 5.32 Å². The van der Waals surface area contributed by atoms with E-state index < -0.39 is 0 Å². The number of aromatic hydroxyl groups is 1. The molecule has 0 aliphatic carbocycles. The standard InChI is InChI=1S/C19H20N2O/c1-13(2)21-17(14-7-4-3-5-8-14)16-11-10-15-9-6-12-20-18(15)19(16)22/h3-13,17,21-22H,1-2H3. The maximum atomic E-state index is 10.7. The van der Waals surface area contributed by atoms with Crippen molar-refractivity contribution in [1.29, 1.82) is 0 Å². The van der Waals surface area contributed by atoms with Gasteiger partial charge in [-0.25, -0.2) is 0 Å². The molecule has 0 fully saturated rings. The minimum Gasteiger partial charge on any atom is -0.505 e. The molecule has 0 radical (unpaired) electrons. The summed E-state index contributed by atoms with van der Waals surface area (Å²) in [6, 6.07) is 18.2. The first-order valence-electron chi connectivity index (χ1n) is 7.54. The van der Waals surface area contributed by atoms with Gasteiger partial charge in [0.15, 0.2) is 0 Å². The number of aromatic nitrogens is 1. The Balaban J connectivity index is 2.14. The first kappa shape index (κ1) is 14.5. The van der Waals surface area contributed by atoms with Crippen LogP contribution in [0.5, 0.6) is 5.75 Å². The number of hydrogen-bond acceptors (Lipinski definition) is 3. The lowest BCUT2D eigenvalue weighted by Crippen LogP contribution is -2.29. The number of rotatable bonds is 4.